The Morgan fingerprint density at radius 3 is 2.52 bits per heavy atom. The number of methoxy groups -OCH3 is 2. The summed E-state index contributed by atoms with van der Waals surface area (Å²) in [6.45, 7) is 3.21. The summed E-state index contributed by atoms with van der Waals surface area (Å²) in [5, 5.41) is 10.5. The first-order valence-corrected chi connectivity index (χ1v) is 10.3. The number of nitrogens with zero attached hydrogens (tertiary/aromatic N) is 2. The van der Waals surface area contributed by atoms with E-state index in [1.807, 2.05) is 48.0 Å². The Morgan fingerprint density at radius 1 is 1.13 bits per heavy atom. The second-order valence-corrected chi connectivity index (χ2v) is 7.61. The van der Waals surface area contributed by atoms with Crippen molar-refractivity contribution < 1.29 is 24.2 Å². The van der Waals surface area contributed by atoms with Gasteiger partial charge in [-0.05, 0) is 42.7 Å². The summed E-state index contributed by atoms with van der Waals surface area (Å²) in [6.07, 6.45) is 2.31. The first-order chi connectivity index (χ1) is 15.0. The second-order valence-electron chi connectivity index (χ2n) is 7.61. The van der Waals surface area contributed by atoms with Crippen LogP contribution in [0.1, 0.15) is 40.9 Å². The van der Waals surface area contributed by atoms with Gasteiger partial charge in [-0.3, -0.25) is 9.59 Å². The van der Waals surface area contributed by atoms with E-state index in [-0.39, 0.29) is 12.3 Å². The number of rotatable bonds is 6. The van der Waals surface area contributed by atoms with Crippen LogP contribution in [0.3, 0.4) is 0 Å². The van der Waals surface area contributed by atoms with Crippen LogP contribution in [0.25, 0.3) is 10.9 Å². The number of carboxylic acid groups (broad SMARTS) is 1. The monoisotopic (exact) mass is 422 g/mol. The zero-order chi connectivity index (χ0) is 22.1. The predicted octanol–water partition coefficient (Wildman–Crippen LogP) is 3.89. The lowest BCUT2D eigenvalue weighted by Crippen LogP contribution is -2.41. The number of ether oxygens (including phenoxy) is 2. The summed E-state index contributed by atoms with van der Waals surface area (Å²) in [7, 11) is 3.11. The van der Waals surface area contributed by atoms with Crippen LogP contribution >= 0.6 is 0 Å². The maximum Gasteiger partial charge on any atom is 0.305 e. The zero-order valence-electron chi connectivity index (χ0n) is 17.9. The van der Waals surface area contributed by atoms with E-state index < -0.39 is 12.0 Å². The lowest BCUT2D eigenvalue weighted by atomic mass is 9.89. The van der Waals surface area contributed by atoms with E-state index in [1.165, 1.54) is 0 Å². The van der Waals surface area contributed by atoms with Crippen molar-refractivity contribution >= 4 is 22.8 Å². The van der Waals surface area contributed by atoms with Gasteiger partial charge in [0.05, 0.1) is 32.2 Å². The Hall–Kier alpha value is -3.48. The molecule has 0 saturated heterocycles. The van der Waals surface area contributed by atoms with Crippen LogP contribution in [0, 0.1) is 0 Å². The van der Waals surface area contributed by atoms with Gasteiger partial charge >= 0.3 is 5.97 Å². The van der Waals surface area contributed by atoms with E-state index in [2.05, 4.69) is 0 Å². The van der Waals surface area contributed by atoms with Crippen molar-refractivity contribution in [3.63, 3.8) is 0 Å². The van der Waals surface area contributed by atoms with Crippen molar-refractivity contribution in [3.05, 3.63) is 59.3 Å². The fourth-order valence-electron chi connectivity index (χ4n) is 4.49. The number of para-hydroxylation sites is 1. The molecule has 0 saturated carbocycles. The van der Waals surface area contributed by atoms with Crippen LogP contribution in [0.5, 0.6) is 11.5 Å². The number of aryl methyl sites for hydroxylation is 1. The summed E-state index contributed by atoms with van der Waals surface area (Å²) in [4.78, 5) is 27.1. The van der Waals surface area contributed by atoms with Crippen LogP contribution in [0.15, 0.2) is 42.6 Å². The summed E-state index contributed by atoms with van der Waals surface area (Å²) in [5.41, 5.74) is 3.35. The highest BCUT2D eigenvalue weighted by Crippen LogP contribution is 2.40. The maximum absolute atomic E-state index is 13.7. The number of hydrogen-bond acceptors (Lipinski definition) is 4. The Labute approximate surface area is 180 Å². The average Bonchev–Trinajstić information content (AvgIpc) is 3.16. The first kappa shape index (κ1) is 20.8. The van der Waals surface area contributed by atoms with Crippen LogP contribution in [0.4, 0.5) is 0 Å². The molecular weight excluding hydrogens is 396 g/mol. The number of amides is 1. The SMILES string of the molecule is CCn1cc(C(=O)N2CCc3cc(OC)c(OC)cc3C2CC(=O)O)c2ccccc21. The highest BCUT2D eigenvalue weighted by atomic mass is 16.5. The fourth-order valence-corrected chi connectivity index (χ4v) is 4.49. The third kappa shape index (κ3) is 3.60. The van der Waals surface area contributed by atoms with Crippen molar-refractivity contribution in [1.29, 1.82) is 0 Å². The van der Waals surface area contributed by atoms with Gasteiger partial charge < -0.3 is 24.0 Å². The minimum absolute atomic E-state index is 0.157. The second kappa shape index (κ2) is 8.34. The number of hydrogen-bond donors (Lipinski definition) is 1. The van der Waals surface area contributed by atoms with E-state index in [0.29, 0.717) is 30.0 Å². The Balaban J connectivity index is 1.80. The standard InChI is InChI=1S/C24H26N2O5/c1-4-25-14-18(16-7-5-6-8-19(16)25)24(29)26-10-9-15-11-21(30-2)22(31-3)12-17(15)20(26)13-23(27)28/h5-8,11-12,14,20H,4,9-10,13H2,1-3H3,(H,27,28). The van der Waals surface area contributed by atoms with Gasteiger partial charge in [0, 0.05) is 30.2 Å². The van der Waals surface area contributed by atoms with Gasteiger partial charge in [-0.2, -0.15) is 0 Å². The molecule has 31 heavy (non-hydrogen) atoms. The summed E-state index contributed by atoms with van der Waals surface area (Å²) >= 11 is 0. The molecule has 1 N–H and O–H groups in total. The van der Waals surface area contributed by atoms with Gasteiger partial charge in [0.25, 0.3) is 5.91 Å². The highest BCUT2D eigenvalue weighted by molar-refractivity contribution is 6.07. The minimum atomic E-state index is -0.957. The molecule has 0 spiro atoms. The molecule has 0 fully saturated rings. The third-order valence-corrected chi connectivity index (χ3v) is 5.99. The molecule has 1 aliphatic heterocycles. The topological polar surface area (TPSA) is 81.0 Å². The molecule has 7 heteroatoms. The summed E-state index contributed by atoms with van der Waals surface area (Å²) < 4.78 is 12.9. The van der Waals surface area contributed by atoms with Crippen LogP contribution in [-0.4, -0.2) is 47.2 Å². The number of benzene rings is 2. The molecule has 3 aromatic rings. The molecule has 1 aliphatic rings. The van der Waals surface area contributed by atoms with Gasteiger partial charge in [0.2, 0.25) is 0 Å². The summed E-state index contributed by atoms with van der Waals surface area (Å²) in [5.74, 6) is 0.00569. The average molecular weight is 422 g/mol. The summed E-state index contributed by atoms with van der Waals surface area (Å²) in [6, 6.07) is 10.9. The molecule has 2 aromatic carbocycles. The molecule has 162 valence electrons. The van der Waals surface area contributed by atoms with Gasteiger partial charge in [-0.25, -0.2) is 0 Å². The molecule has 1 amide bonds. The van der Waals surface area contributed by atoms with Crippen LogP contribution in [0.2, 0.25) is 0 Å². The third-order valence-electron chi connectivity index (χ3n) is 5.99. The lowest BCUT2D eigenvalue weighted by molar-refractivity contribution is -0.138. The van der Waals surface area contributed by atoms with E-state index in [1.54, 1.807) is 25.2 Å². The van der Waals surface area contributed by atoms with Gasteiger partial charge in [-0.15, -0.1) is 0 Å². The number of fused-ring (bicyclic) bond motifs is 2. The molecule has 0 aliphatic carbocycles. The number of carboxylic acids is 1. The molecule has 7 nitrogen and oxygen atoms in total. The van der Waals surface area contributed by atoms with Crippen molar-refractivity contribution in [2.24, 2.45) is 0 Å². The number of aromatic nitrogens is 1. The molecule has 4 rings (SSSR count). The quantitative estimate of drug-likeness (QED) is 0.652. The van der Waals surface area contributed by atoms with E-state index in [4.69, 9.17) is 9.47 Å². The van der Waals surface area contributed by atoms with E-state index in [0.717, 1.165) is 28.6 Å². The molecule has 1 unspecified atom stereocenters. The largest absolute Gasteiger partial charge is 0.493 e. The van der Waals surface area contributed by atoms with Crippen LogP contribution < -0.4 is 9.47 Å². The van der Waals surface area contributed by atoms with Gasteiger partial charge in [-0.1, -0.05) is 18.2 Å². The van der Waals surface area contributed by atoms with Gasteiger partial charge in [0.1, 0.15) is 0 Å². The number of carbonyl (C=O) groups is 2. The molecule has 0 radical (unpaired) electrons. The normalized spacial score (nSPS) is 15.6. The Bertz CT molecular complexity index is 1150. The van der Waals surface area contributed by atoms with E-state index in [9.17, 15) is 14.7 Å². The molecule has 1 atom stereocenters. The smallest absolute Gasteiger partial charge is 0.305 e. The molecule has 0 bridgehead atoms. The fraction of sp³-hybridized carbons (Fsp3) is 0.333. The predicted molar refractivity (Wildman–Crippen MR) is 117 cm³/mol. The Morgan fingerprint density at radius 2 is 1.84 bits per heavy atom. The Kier molecular flexibility index (Phi) is 5.59. The van der Waals surface area contributed by atoms with E-state index >= 15 is 0 Å². The molecular formula is C24H26N2O5. The van der Waals surface area contributed by atoms with Crippen molar-refractivity contribution in [2.75, 3.05) is 20.8 Å². The minimum Gasteiger partial charge on any atom is -0.493 e. The molecule has 1 aromatic heterocycles. The van der Waals surface area contributed by atoms with Crippen molar-refractivity contribution in [3.8, 4) is 11.5 Å². The zero-order valence-corrected chi connectivity index (χ0v) is 17.9. The number of aliphatic carboxylic acids is 1. The highest BCUT2D eigenvalue weighted by Gasteiger charge is 2.35. The molecule has 2 heterocycles. The number of carbonyl (C=O) groups excluding carboxylic acids is 1. The van der Waals surface area contributed by atoms with Crippen molar-refractivity contribution in [2.45, 2.75) is 32.4 Å². The maximum atomic E-state index is 13.7. The van der Waals surface area contributed by atoms with Gasteiger partial charge in [0.15, 0.2) is 11.5 Å². The van der Waals surface area contributed by atoms with Crippen molar-refractivity contribution in [1.82, 2.24) is 9.47 Å². The first-order valence-electron chi connectivity index (χ1n) is 10.3. The lowest BCUT2D eigenvalue weighted by Gasteiger charge is -2.37. The van der Waals surface area contributed by atoms with Crippen LogP contribution in [-0.2, 0) is 17.8 Å².